The van der Waals surface area contributed by atoms with Gasteiger partial charge in [-0.1, -0.05) is 91.0 Å². The van der Waals surface area contributed by atoms with Crippen LogP contribution in [-0.4, -0.2) is 25.5 Å². The van der Waals surface area contributed by atoms with E-state index in [1.807, 2.05) is 42.5 Å². The lowest BCUT2D eigenvalue weighted by atomic mass is 9.83. The van der Waals surface area contributed by atoms with Crippen molar-refractivity contribution >= 4 is 17.1 Å². The molecule has 0 bridgehead atoms. The molecule has 0 aliphatic carbocycles. The summed E-state index contributed by atoms with van der Waals surface area (Å²) in [5.41, 5.74) is 9.81. The Labute approximate surface area is 207 Å². The van der Waals surface area contributed by atoms with E-state index in [1.54, 1.807) is 0 Å². The minimum Gasteiger partial charge on any atom is -0.372 e. The number of ether oxygens (including phenoxy) is 1. The number of fused-ring (bicyclic) bond motifs is 1. The number of benzene rings is 4. The maximum atomic E-state index is 12.0. The Balaban J connectivity index is 1.29. The number of piperidine rings is 1. The van der Waals surface area contributed by atoms with Crippen LogP contribution in [0.2, 0.25) is 0 Å². The van der Waals surface area contributed by atoms with Crippen LogP contribution in [0.5, 0.6) is 0 Å². The monoisotopic (exact) mass is 464 g/mol. The van der Waals surface area contributed by atoms with Gasteiger partial charge in [0.1, 0.15) is 11.8 Å². The summed E-state index contributed by atoms with van der Waals surface area (Å²) in [6.07, 6.45) is 2.43. The molecule has 4 nitrogen and oxygen atoms in total. The molecule has 178 valence electrons. The van der Waals surface area contributed by atoms with E-state index >= 15 is 0 Å². The molecule has 1 aliphatic heterocycles. The highest BCUT2D eigenvalue weighted by molar-refractivity contribution is 5.82. The number of carbonyl (C=O) groups is 1. The molecular formula is C31H32N2O2. The molecule has 0 radical (unpaired) electrons. The molecule has 1 heterocycles. The van der Waals surface area contributed by atoms with Gasteiger partial charge in [-0.15, -0.1) is 0 Å². The van der Waals surface area contributed by atoms with Crippen LogP contribution in [0.15, 0.2) is 97.1 Å². The lowest BCUT2D eigenvalue weighted by Crippen LogP contribution is -2.41. The van der Waals surface area contributed by atoms with E-state index in [2.05, 4.69) is 59.9 Å². The normalized spacial score (nSPS) is 19.8. The second kappa shape index (κ2) is 10.5. The number of hydrogen-bond donors (Lipinski definition) is 2. The summed E-state index contributed by atoms with van der Waals surface area (Å²) >= 11 is 0. The largest absolute Gasteiger partial charge is 0.372 e. The highest BCUT2D eigenvalue weighted by Crippen LogP contribution is 2.31. The summed E-state index contributed by atoms with van der Waals surface area (Å²) in [5.74, 6) is 0.295. The first-order chi connectivity index (χ1) is 17.1. The van der Waals surface area contributed by atoms with Gasteiger partial charge < -0.3 is 20.6 Å². The van der Waals surface area contributed by atoms with E-state index in [0.29, 0.717) is 18.9 Å². The summed E-state index contributed by atoms with van der Waals surface area (Å²) < 4.78 is 6.44. The molecule has 1 saturated heterocycles. The number of nitrogens with one attached hydrogen (secondary N) is 1. The Bertz CT molecular complexity index is 1270. The van der Waals surface area contributed by atoms with Crippen LogP contribution in [-0.2, 0) is 28.1 Å². The van der Waals surface area contributed by atoms with Gasteiger partial charge in [0.2, 0.25) is 0 Å². The zero-order valence-electron chi connectivity index (χ0n) is 19.9. The molecule has 5 rings (SSSR count). The Morgan fingerprint density at radius 2 is 1.63 bits per heavy atom. The number of rotatable bonds is 8. The summed E-state index contributed by atoms with van der Waals surface area (Å²) in [4.78, 5) is 12.0. The van der Waals surface area contributed by atoms with E-state index in [9.17, 15) is 4.79 Å². The lowest BCUT2D eigenvalue weighted by Gasteiger charge is -2.33. The second-order valence-electron chi connectivity index (χ2n) is 9.57. The van der Waals surface area contributed by atoms with Crippen molar-refractivity contribution in [3.05, 3.63) is 119 Å². The fourth-order valence-electron chi connectivity index (χ4n) is 5.10. The van der Waals surface area contributed by atoms with E-state index in [-0.39, 0.29) is 6.10 Å². The molecule has 1 fully saturated rings. The van der Waals surface area contributed by atoms with Gasteiger partial charge in [0.05, 0.1) is 12.7 Å². The van der Waals surface area contributed by atoms with Crippen LogP contribution in [0.3, 0.4) is 0 Å². The Kier molecular flexibility index (Phi) is 7.05. The van der Waals surface area contributed by atoms with Gasteiger partial charge in [0.15, 0.2) is 0 Å². The van der Waals surface area contributed by atoms with Crippen molar-refractivity contribution < 1.29 is 9.53 Å². The summed E-state index contributed by atoms with van der Waals surface area (Å²) in [6.45, 7) is 2.37. The number of hydrogen-bond acceptors (Lipinski definition) is 4. The molecule has 0 spiro atoms. The van der Waals surface area contributed by atoms with Crippen molar-refractivity contribution in [3.8, 4) is 0 Å². The molecule has 0 aromatic heterocycles. The van der Waals surface area contributed by atoms with Crippen LogP contribution in [0.25, 0.3) is 10.8 Å². The van der Waals surface area contributed by atoms with Crippen LogP contribution in [0, 0.1) is 0 Å². The first-order valence-corrected chi connectivity index (χ1v) is 12.3. The Morgan fingerprint density at radius 1 is 0.886 bits per heavy atom. The molecule has 3 atom stereocenters. The topological polar surface area (TPSA) is 64.4 Å². The van der Waals surface area contributed by atoms with Crippen molar-refractivity contribution in [1.29, 1.82) is 0 Å². The molecule has 0 saturated carbocycles. The number of carbonyl (C=O) groups excluding carboxylic acids is 1. The molecule has 4 aromatic carbocycles. The maximum absolute atomic E-state index is 12.0. The third kappa shape index (κ3) is 5.35. The van der Waals surface area contributed by atoms with Gasteiger partial charge in [0.25, 0.3) is 0 Å². The van der Waals surface area contributed by atoms with Gasteiger partial charge >= 0.3 is 0 Å². The first kappa shape index (κ1) is 23.4. The molecule has 1 aliphatic rings. The van der Waals surface area contributed by atoms with Crippen molar-refractivity contribution in [1.82, 2.24) is 5.32 Å². The van der Waals surface area contributed by atoms with Crippen LogP contribution < -0.4 is 11.1 Å². The fourth-order valence-corrected chi connectivity index (χ4v) is 5.10. The highest BCUT2D eigenvalue weighted by Gasteiger charge is 2.30. The van der Waals surface area contributed by atoms with Crippen LogP contribution in [0.4, 0.5) is 0 Å². The average Bonchev–Trinajstić information content (AvgIpc) is 2.92. The zero-order valence-corrected chi connectivity index (χ0v) is 19.9. The van der Waals surface area contributed by atoms with Crippen LogP contribution in [0.1, 0.15) is 34.6 Å². The predicted molar refractivity (Wildman–Crippen MR) is 141 cm³/mol. The van der Waals surface area contributed by atoms with Crippen molar-refractivity contribution in [3.63, 3.8) is 0 Å². The third-order valence-corrected chi connectivity index (χ3v) is 7.13. The number of aldehydes is 1. The molecule has 4 aromatic rings. The summed E-state index contributed by atoms with van der Waals surface area (Å²) in [5, 5.41) is 5.96. The minimum atomic E-state index is -1.04. The summed E-state index contributed by atoms with van der Waals surface area (Å²) in [6, 6.07) is 33.1. The van der Waals surface area contributed by atoms with Crippen molar-refractivity contribution in [2.24, 2.45) is 5.73 Å². The quantitative estimate of drug-likeness (QED) is 0.356. The van der Waals surface area contributed by atoms with Gasteiger partial charge in [0, 0.05) is 18.9 Å². The van der Waals surface area contributed by atoms with E-state index in [0.717, 1.165) is 36.9 Å². The SMILES string of the molecule is NC(C=O)(Cc1ccccc1)c1ccc(C2CCNCC2OCc2ccc3ccccc3c2)cc1. The number of nitrogens with two attached hydrogens (primary N) is 1. The first-order valence-electron chi connectivity index (χ1n) is 12.3. The minimum absolute atomic E-state index is 0.0825. The van der Waals surface area contributed by atoms with Gasteiger partial charge in [-0.25, -0.2) is 0 Å². The Morgan fingerprint density at radius 3 is 2.40 bits per heavy atom. The third-order valence-electron chi connectivity index (χ3n) is 7.13. The van der Waals surface area contributed by atoms with Gasteiger partial charge in [-0.05, 0) is 52.1 Å². The van der Waals surface area contributed by atoms with E-state index in [4.69, 9.17) is 10.5 Å². The van der Waals surface area contributed by atoms with Crippen molar-refractivity contribution in [2.45, 2.75) is 37.0 Å². The van der Waals surface area contributed by atoms with Gasteiger partial charge in [-0.3, -0.25) is 0 Å². The van der Waals surface area contributed by atoms with E-state index in [1.165, 1.54) is 21.9 Å². The predicted octanol–water partition coefficient (Wildman–Crippen LogP) is 5.10. The lowest BCUT2D eigenvalue weighted by molar-refractivity contribution is -0.112. The molecule has 3 N–H and O–H groups in total. The zero-order chi connectivity index (χ0) is 24.1. The van der Waals surface area contributed by atoms with Crippen molar-refractivity contribution in [2.75, 3.05) is 13.1 Å². The molecule has 35 heavy (non-hydrogen) atoms. The van der Waals surface area contributed by atoms with Gasteiger partial charge in [-0.2, -0.15) is 0 Å². The standard InChI is InChI=1S/C31H32N2O2/c32-31(22-34,19-23-6-2-1-3-7-23)28-14-12-26(13-15-28)29-16-17-33-20-30(29)35-21-24-10-11-25-8-4-5-9-27(25)18-24/h1-15,18,22,29-30,33H,16-17,19-21,32H2. The fraction of sp³-hybridized carbons (Fsp3) is 0.258. The average molecular weight is 465 g/mol. The molecular weight excluding hydrogens is 432 g/mol. The summed E-state index contributed by atoms with van der Waals surface area (Å²) in [7, 11) is 0. The smallest absolute Gasteiger partial charge is 0.144 e. The Hall–Kier alpha value is -3.31. The molecule has 4 heteroatoms. The van der Waals surface area contributed by atoms with E-state index < -0.39 is 5.54 Å². The molecule has 0 amide bonds. The van der Waals surface area contributed by atoms with Crippen LogP contribution >= 0.6 is 0 Å². The second-order valence-corrected chi connectivity index (χ2v) is 9.57. The highest BCUT2D eigenvalue weighted by atomic mass is 16.5. The molecule has 3 unspecified atom stereocenters. The maximum Gasteiger partial charge on any atom is 0.144 e.